The molecular formula is C10H7BF3-. The molecular weight excluding hydrogens is 188 g/mol. The second kappa shape index (κ2) is 3.05. The summed E-state index contributed by atoms with van der Waals surface area (Å²) in [6, 6.07) is 10.8. The van der Waals surface area contributed by atoms with Crippen LogP contribution in [0.2, 0.25) is 0 Å². The van der Waals surface area contributed by atoms with E-state index >= 15 is 0 Å². The molecule has 0 amide bonds. The fourth-order valence-electron chi connectivity index (χ4n) is 1.41. The molecule has 0 atom stereocenters. The van der Waals surface area contributed by atoms with Gasteiger partial charge < -0.3 is 12.9 Å². The molecule has 0 spiro atoms. The minimum Gasteiger partial charge on any atom is -0.445 e. The molecule has 0 aliphatic carbocycles. The Bertz CT molecular complexity index is 462. The molecule has 0 radical (unpaired) electrons. The van der Waals surface area contributed by atoms with Gasteiger partial charge in [0.25, 0.3) is 0 Å². The van der Waals surface area contributed by atoms with Crippen molar-refractivity contribution < 1.29 is 12.9 Å². The Morgan fingerprint density at radius 3 is 2.07 bits per heavy atom. The van der Waals surface area contributed by atoms with E-state index in [4.69, 9.17) is 0 Å². The molecule has 0 saturated heterocycles. The van der Waals surface area contributed by atoms with Gasteiger partial charge in [-0.2, -0.15) is 0 Å². The van der Waals surface area contributed by atoms with Gasteiger partial charge in [-0.3, -0.25) is 0 Å². The molecule has 0 fully saturated rings. The number of halogens is 3. The molecule has 4 heteroatoms. The van der Waals surface area contributed by atoms with Gasteiger partial charge in [0.05, 0.1) is 0 Å². The monoisotopic (exact) mass is 195 g/mol. The van der Waals surface area contributed by atoms with E-state index < -0.39 is 12.4 Å². The summed E-state index contributed by atoms with van der Waals surface area (Å²) < 4.78 is 37.1. The van der Waals surface area contributed by atoms with E-state index in [0.29, 0.717) is 5.39 Å². The van der Waals surface area contributed by atoms with Crippen molar-refractivity contribution in [1.29, 1.82) is 0 Å². The zero-order valence-corrected chi connectivity index (χ0v) is 7.25. The molecule has 0 bridgehead atoms. The van der Waals surface area contributed by atoms with Crippen LogP contribution in [0, 0.1) is 0 Å². The molecule has 72 valence electrons. The summed E-state index contributed by atoms with van der Waals surface area (Å²) in [6.07, 6.45) is 0. The van der Waals surface area contributed by atoms with E-state index in [0.717, 1.165) is 11.5 Å². The van der Waals surface area contributed by atoms with Crippen molar-refractivity contribution >= 4 is 23.2 Å². The number of fused-ring (bicyclic) bond motifs is 1. The third-order valence-electron chi connectivity index (χ3n) is 2.15. The van der Waals surface area contributed by atoms with Crippen molar-refractivity contribution in [3.8, 4) is 0 Å². The zero-order chi connectivity index (χ0) is 10.2. The minimum atomic E-state index is -4.89. The molecule has 0 unspecified atom stereocenters. The van der Waals surface area contributed by atoms with Crippen LogP contribution in [0.15, 0.2) is 42.5 Å². The van der Waals surface area contributed by atoms with E-state index in [-0.39, 0.29) is 0 Å². The Morgan fingerprint density at radius 1 is 0.786 bits per heavy atom. The van der Waals surface area contributed by atoms with Gasteiger partial charge in [0, 0.05) is 0 Å². The van der Waals surface area contributed by atoms with Crippen molar-refractivity contribution in [3.63, 3.8) is 0 Å². The Labute approximate surface area is 79.4 Å². The largest absolute Gasteiger partial charge is 0.509 e. The molecule has 0 heterocycles. The van der Waals surface area contributed by atoms with Gasteiger partial charge in [-0.1, -0.05) is 42.5 Å². The molecule has 0 aliphatic rings. The van der Waals surface area contributed by atoms with Crippen LogP contribution < -0.4 is 5.46 Å². The zero-order valence-electron chi connectivity index (χ0n) is 7.25. The first-order valence-electron chi connectivity index (χ1n) is 4.26. The number of benzene rings is 2. The number of hydrogen-bond donors (Lipinski definition) is 0. The summed E-state index contributed by atoms with van der Waals surface area (Å²) >= 11 is 0. The topological polar surface area (TPSA) is 0 Å². The highest BCUT2D eigenvalue weighted by Crippen LogP contribution is 2.15. The lowest BCUT2D eigenvalue weighted by atomic mass is 9.79. The first-order valence-corrected chi connectivity index (χ1v) is 4.26. The molecule has 0 aromatic heterocycles. The van der Waals surface area contributed by atoms with Crippen LogP contribution in [0.3, 0.4) is 0 Å². The number of hydrogen-bond acceptors (Lipinski definition) is 0. The molecule has 0 N–H and O–H groups in total. The number of rotatable bonds is 1. The maximum Gasteiger partial charge on any atom is 0.509 e. The van der Waals surface area contributed by atoms with Gasteiger partial charge in [-0.15, -0.1) is 5.46 Å². The quantitative estimate of drug-likeness (QED) is 0.613. The van der Waals surface area contributed by atoms with E-state index in [1.165, 1.54) is 12.1 Å². The van der Waals surface area contributed by atoms with Crippen LogP contribution in [0.5, 0.6) is 0 Å². The summed E-state index contributed by atoms with van der Waals surface area (Å²) in [4.78, 5) is 0. The van der Waals surface area contributed by atoms with Crippen LogP contribution in [0.25, 0.3) is 10.8 Å². The first kappa shape index (κ1) is 9.12. The molecule has 0 saturated carbocycles. The second-order valence-corrected chi connectivity index (χ2v) is 3.18. The highest BCUT2D eigenvalue weighted by atomic mass is 19.4. The predicted molar refractivity (Wildman–Crippen MR) is 52.7 cm³/mol. The van der Waals surface area contributed by atoms with E-state index in [2.05, 4.69) is 0 Å². The molecule has 2 aromatic rings. The summed E-state index contributed by atoms with van der Waals surface area (Å²) in [5, 5.41) is 1.46. The molecule has 14 heavy (non-hydrogen) atoms. The Morgan fingerprint density at radius 2 is 1.43 bits per heavy atom. The fourth-order valence-corrected chi connectivity index (χ4v) is 1.41. The van der Waals surface area contributed by atoms with Crippen molar-refractivity contribution in [1.82, 2.24) is 0 Å². The standard InChI is InChI=1S/C10H7BF3/c12-11(13,14)10-6-5-8-3-1-2-4-9(8)7-10/h1-7H/q-1. The second-order valence-electron chi connectivity index (χ2n) is 3.18. The Balaban J connectivity index is 2.63. The average molecular weight is 195 g/mol. The fraction of sp³-hybridized carbons (Fsp3) is 0. The van der Waals surface area contributed by atoms with Crippen LogP contribution in [-0.4, -0.2) is 6.98 Å². The maximum atomic E-state index is 12.4. The summed E-state index contributed by atoms with van der Waals surface area (Å²) in [6.45, 7) is -4.89. The lowest BCUT2D eigenvalue weighted by Gasteiger charge is -2.15. The Hall–Kier alpha value is -1.45. The molecule has 2 rings (SSSR count). The normalized spacial score (nSPS) is 11.9. The lowest BCUT2D eigenvalue weighted by molar-refractivity contribution is 0.501. The summed E-state index contributed by atoms with van der Waals surface area (Å²) in [7, 11) is 0. The van der Waals surface area contributed by atoms with E-state index in [1.54, 1.807) is 24.3 Å². The van der Waals surface area contributed by atoms with Crippen LogP contribution >= 0.6 is 0 Å². The van der Waals surface area contributed by atoms with Crippen LogP contribution in [0.1, 0.15) is 0 Å². The van der Waals surface area contributed by atoms with Crippen molar-refractivity contribution in [2.45, 2.75) is 0 Å². The van der Waals surface area contributed by atoms with Gasteiger partial charge in [-0.05, 0) is 10.8 Å². The van der Waals surface area contributed by atoms with E-state index in [9.17, 15) is 12.9 Å². The summed E-state index contributed by atoms with van der Waals surface area (Å²) in [5.41, 5.74) is -0.538. The maximum absolute atomic E-state index is 12.4. The average Bonchev–Trinajstić information content (AvgIpc) is 2.16. The van der Waals surface area contributed by atoms with Crippen molar-refractivity contribution in [3.05, 3.63) is 42.5 Å². The van der Waals surface area contributed by atoms with Gasteiger partial charge in [0.1, 0.15) is 0 Å². The molecule has 0 nitrogen and oxygen atoms in total. The lowest BCUT2D eigenvalue weighted by Crippen LogP contribution is -2.33. The van der Waals surface area contributed by atoms with Gasteiger partial charge >= 0.3 is 6.98 Å². The smallest absolute Gasteiger partial charge is 0.445 e. The molecule has 0 aliphatic heterocycles. The molecule has 2 aromatic carbocycles. The predicted octanol–water partition coefficient (Wildman–Crippen LogP) is 2.89. The van der Waals surface area contributed by atoms with Gasteiger partial charge in [0.15, 0.2) is 0 Å². The van der Waals surface area contributed by atoms with Gasteiger partial charge in [-0.25, -0.2) is 0 Å². The minimum absolute atomic E-state index is 0.538. The van der Waals surface area contributed by atoms with Gasteiger partial charge in [0.2, 0.25) is 0 Å². The third kappa shape index (κ3) is 1.60. The van der Waals surface area contributed by atoms with Crippen LogP contribution in [-0.2, 0) is 0 Å². The highest BCUT2D eigenvalue weighted by Gasteiger charge is 2.25. The van der Waals surface area contributed by atoms with Crippen LogP contribution in [0.4, 0.5) is 12.9 Å². The third-order valence-corrected chi connectivity index (χ3v) is 2.15. The Kier molecular flexibility index (Phi) is 1.99. The summed E-state index contributed by atoms with van der Waals surface area (Å²) in [5.74, 6) is 0. The SMILES string of the molecule is F[B-](F)(F)c1ccc2ccccc2c1. The van der Waals surface area contributed by atoms with Crippen molar-refractivity contribution in [2.75, 3.05) is 0 Å². The van der Waals surface area contributed by atoms with E-state index in [1.807, 2.05) is 0 Å². The first-order chi connectivity index (χ1) is 6.57. The van der Waals surface area contributed by atoms with Crippen molar-refractivity contribution in [2.24, 2.45) is 0 Å². The highest BCUT2D eigenvalue weighted by molar-refractivity contribution is 6.73.